The zero-order valence-corrected chi connectivity index (χ0v) is 14.0. The van der Waals surface area contributed by atoms with Gasteiger partial charge in [-0.25, -0.2) is 4.79 Å². The number of ether oxygens (including phenoxy) is 2. The zero-order chi connectivity index (χ0) is 15.6. The van der Waals surface area contributed by atoms with Crippen molar-refractivity contribution in [2.24, 2.45) is 5.73 Å². The van der Waals surface area contributed by atoms with Crippen LogP contribution in [0.25, 0.3) is 0 Å². The van der Waals surface area contributed by atoms with E-state index in [1.807, 2.05) is 32.9 Å². The average molecular weight is 333 g/mol. The second-order valence-electron chi connectivity index (χ2n) is 5.98. The monoisotopic (exact) mass is 332 g/mol. The molecular weight excluding hydrogens is 312 g/mol. The number of thiophene rings is 1. The maximum atomic E-state index is 12.3. The first-order valence-electron chi connectivity index (χ1n) is 6.86. The van der Waals surface area contributed by atoms with Crippen molar-refractivity contribution in [3.63, 3.8) is 0 Å². The van der Waals surface area contributed by atoms with E-state index in [-0.39, 0.29) is 18.2 Å². The molecule has 2 unspecified atom stereocenters. The first kappa shape index (κ1) is 16.5. The number of morpholine rings is 1. The molecule has 0 aliphatic carbocycles. The molecule has 0 aromatic carbocycles. The van der Waals surface area contributed by atoms with Gasteiger partial charge >= 0.3 is 6.09 Å². The molecule has 2 heterocycles. The van der Waals surface area contributed by atoms with Gasteiger partial charge in [-0.2, -0.15) is 0 Å². The first-order chi connectivity index (χ1) is 9.78. The third-order valence-corrected chi connectivity index (χ3v) is 4.46. The Hall–Kier alpha value is -0.820. The topological polar surface area (TPSA) is 64.8 Å². The summed E-state index contributed by atoms with van der Waals surface area (Å²) < 4.78 is 11.6. The van der Waals surface area contributed by atoms with Gasteiger partial charge in [-0.1, -0.05) is 11.6 Å². The minimum Gasteiger partial charge on any atom is -0.444 e. The second kappa shape index (κ2) is 6.52. The van der Waals surface area contributed by atoms with E-state index >= 15 is 0 Å². The molecule has 1 aliphatic heterocycles. The van der Waals surface area contributed by atoms with Gasteiger partial charge in [-0.3, -0.25) is 4.90 Å². The summed E-state index contributed by atoms with van der Waals surface area (Å²) in [5.74, 6) is 0. The molecule has 2 rings (SSSR count). The number of amides is 1. The van der Waals surface area contributed by atoms with Crippen LogP contribution in [0.3, 0.4) is 0 Å². The van der Waals surface area contributed by atoms with Crippen LogP contribution in [0.15, 0.2) is 12.1 Å². The van der Waals surface area contributed by atoms with Gasteiger partial charge in [-0.15, -0.1) is 11.3 Å². The number of hydrogen-bond donors (Lipinski definition) is 1. The molecule has 2 N–H and O–H groups in total. The summed E-state index contributed by atoms with van der Waals surface area (Å²) >= 11 is 7.38. The van der Waals surface area contributed by atoms with Crippen molar-refractivity contribution in [2.45, 2.75) is 38.5 Å². The fourth-order valence-corrected chi connectivity index (χ4v) is 3.29. The van der Waals surface area contributed by atoms with Gasteiger partial charge in [-0.05, 0) is 32.9 Å². The lowest BCUT2D eigenvalue weighted by molar-refractivity contribution is -0.0379. The van der Waals surface area contributed by atoms with Crippen LogP contribution in [0.5, 0.6) is 0 Å². The molecule has 1 aliphatic rings. The van der Waals surface area contributed by atoms with Crippen LogP contribution < -0.4 is 5.73 Å². The molecule has 5 nitrogen and oxygen atoms in total. The molecule has 0 spiro atoms. The number of carbonyl (C=O) groups is 1. The Labute approximate surface area is 134 Å². The van der Waals surface area contributed by atoms with Crippen molar-refractivity contribution in [2.75, 3.05) is 19.8 Å². The Bertz CT molecular complexity index is 501. The quantitative estimate of drug-likeness (QED) is 0.904. The zero-order valence-electron chi connectivity index (χ0n) is 12.5. The van der Waals surface area contributed by atoms with E-state index in [1.165, 1.54) is 11.3 Å². The molecule has 0 bridgehead atoms. The molecule has 21 heavy (non-hydrogen) atoms. The lowest BCUT2D eigenvalue weighted by atomic mass is 10.1. The van der Waals surface area contributed by atoms with Crippen LogP contribution >= 0.6 is 22.9 Å². The highest BCUT2D eigenvalue weighted by Gasteiger charge is 2.35. The number of nitrogens with two attached hydrogens (primary N) is 1. The standard InChI is InChI=1S/C14H21ClN2O3S/c1-14(2,3)20-13(18)17-6-7-19-8-9(17)12(16)10-4-5-11(15)21-10/h4-5,9,12H,6-8,16H2,1-3H3. The Kier molecular flexibility index (Phi) is 5.14. The maximum absolute atomic E-state index is 12.3. The van der Waals surface area contributed by atoms with Crippen molar-refractivity contribution in [3.05, 3.63) is 21.3 Å². The summed E-state index contributed by atoms with van der Waals surface area (Å²) in [6, 6.07) is 3.11. The Balaban J connectivity index is 2.13. The van der Waals surface area contributed by atoms with Gasteiger partial charge in [0.15, 0.2) is 0 Å². The lowest BCUT2D eigenvalue weighted by Gasteiger charge is -2.39. The van der Waals surface area contributed by atoms with Crippen molar-refractivity contribution < 1.29 is 14.3 Å². The highest BCUT2D eigenvalue weighted by Crippen LogP contribution is 2.30. The first-order valence-corrected chi connectivity index (χ1v) is 8.05. The molecule has 0 saturated carbocycles. The molecule has 118 valence electrons. The number of hydrogen-bond acceptors (Lipinski definition) is 5. The van der Waals surface area contributed by atoms with Gasteiger partial charge in [0, 0.05) is 11.4 Å². The van der Waals surface area contributed by atoms with Gasteiger partial charge < -0.3 is 15.2 Å². The fraction of sp³-hybridized carbons (Fsp3) is 0.643. The highest BCUT2D eigenvalue weighted by molar-refractivity contribution is 7.16. The molecular formula is C14H21ClN2O3S. The smallest absolute Gasteiger partial charge is 0.410 e. The molecule has 7 heteroatoms. The van der Waals surface area contributed by atoms with Gasteiger partial charge in [0.1, 0.15) is 5.60 Å². The predicted molar refractivity (Wildman–Crippen MR) is 83.8 cm³/mol. The minimum atomic E-state index is -0.531. The van der Waals surface area contributed by atoms with Crippen LogP contribution in [0.2, 0.25) is 4.34 Å². The predicted octanol–water partition coefficient (Wildman–Crippen LogP) is 3.04. The Morgan fingerprint density at radius 2 is 2.29 bits per heavy atom. The SMILES string of the molecule is CC(C)(C)OC(=O)N1CCOCC1C(N)c1ccc(Cl)s1. The van der Waals surface area contributed by atoms with Crippen LogP contribution in [0.4, 0.5) is 4.79 Å². The second-order valence-corrected chi connectivity index (χ2v) is 7.73. The molecule has 1 amide bonds. The number of halogens is 1. The van der Waals surface area contributed by atoms with Crippen LogP contribution in [-0.2, 0) is 9.47 Å². The van der Waals surface area contributed by atoms with Crippen molar-refractivity contribution in [1.29, 1.82) is 0 Å². The van der Waals surface area contributed by atoms with Crippen molar-refractivity contribution in [3.8, 4) is 0 Å². The molecule has 1 saturated heterocycles. The van der Waals surface area contributed by atoms with Crippen LogP contribution in [0.1, 0.15) is 31.7 Å². The molecule has 1 aromatic rings. The van der Waals surface area contributed by atoms with Crippen LogP contribution in [-0.4, -0.2) is 42.4 Å². The maximum Gasteiger partial charge on any atom is 0.410 e. The highest BCUT2D eigenvalue weighted by atomic mass is 35.5. The van der Waals surface area contributed by atoms with E-state index in [9.17, 15) is 4.79 Å². The average Bonchev–Trinajstić information content (AvgIpc) is 2.82. The molecule has 0 radical (unpaired) electrons. The summed E-state index contributed by atoms with van der Waals surface area (Å²) in [5, 5.41) is 0. The van der Waals surface area contributed by atoms with Crippen molar-refractivity contribution >= 4 is 29.0 Å². The molecule has 1 aromatic heterocycles. The minimum absolute atomic E-state index is 0.247. The molecule has 2 atom stereocenters. The Morgan fingerprint density at radius 1 is 1.57 bits per heavy atom. The van der Waals surface area contributed by atoms with E-state index in [1.54, 1.807) is 4.90 Å². The van der Waals surface area contributed by atoms with Gasteiger partial charge in [0.2, 0.25) is 0 Å². The van der Waals surface area contributed by atoms with E-state index in [4.69, 9.17) is 26.8 Å². The fourth-order valence-electron chi connectivity index (χ4n) is 2.16. The summed E-state index contributed by atoms with van der Waals surface area (Å²) in [6.07, 6.45) is -0.353. The summed E-state index contributed by atoms with van der Waals surface area (Å²) in [4.78, 5) is 14.9. The number of carbonyl (C=O) groups excluding carboxylic acids is 1. The normalized spacial score (nSPS) is 21.2. The Morgan fingerprint density at radius 3 is 2.86 bits per heavy atom. The van der Waals surface area contributed by atoms with E-state index in [2.05, 4.69) is 0 Å². The van der Waals surface area contributed by atoms with E-state index < -0.39 is 5.60 Å². The van der Waals surface area contributed by atoms with Crippen molar-refractivity contribution in [1.82, 2.24) is 4.90 Å². The van der Waals surface area contributed by atoms with E-state index in [0.29, 0.717) is 24.1 Å². The van der Waals surface area contributed by atoms with E-state index in [0.717, 1.165) is 4.88 Å². The summed E-state index contributed by atoms with van der Waals surface area (Å²) in [6.45, 7) is 6.91. The third-order valence-electron chi connectivity index (χ3n) is 3.13. The lowest BCUT2D eigenvalue weighted by Crippen LogP contribution is -2.54. The third kappa shape index (κ3) is 4.32. The number of rotatable bonds is 2. The summed E-state index contributed by atoms with van der Waals surface area (Å²) in [5.41, 5.74) is 5.77. The van der Waals surface area contributed by atoms with Gasteiger partial charge in [0.05, 0.1) is 29.6 Å². The largest absolute Gasteiger partial charge is 0.444 e. The number of nitrogens with zero attached hydrogens (tertiary/aromatic N) is 1. The van der Waals surface area contributed by atoms with Crippen LogP contribution in [0, 0.1) is 0 Å². The molecule has 1 fully saturated rings. The summed E-state index contributed by atoms with van der Waals surface area (Å²) in [7, 11) is 0. The van der Waals surface area contributed by atoms with Gasteiger partial charge in [0.25, 0.3) is 0 Å².